The zero-order chi connectivity index (χ0) is 22.5. The van der Waals surface area contributed by atoms with Crippen LogP contribution in [0.15, 0.2) is 77.7 Å². The van der Waals surface area contributed by atoms with Crippen LogP contribution in [0.3, 0.4) is 0 Å². The summed E-state index contributed by atoms with van der Waals surface area (Å²) in [6.45, 7) is 1.15. The largest absolute Gasteiger partial charge is 0.496 e. The molecule has 6 heteroatoms. The number of fused-ring (bicyclic) bond motifs is 1. The van der Waals surface area contributed by atoms with Crippen molar-refractivity contribution in [3.8, 4) is 5.75 Å². The second kappa shape index (κ2) is 9.92. The van der Waals surface area contributed by atoms with Gasteiger partial charge in [-0.1, -0.05) is 48.5 Å². The number of carbonyl (C=O) groups excluding carboxylic acids is 2. The van der Waals surface area contributed by atoms with Crippen molar-refractivity contribution in [2.45, 2.75) is 17.9 Å². The average Bonchev–Trinajstić information content (AvgIpc) is 3.27. The van der Waals surface area contributed by atoms with Gasteiger partial charge >= 0.3 is 0 Å². The first-order valence-corrected chi connectivity index (χ1v) is 11.5. The first-order chi connectivity index (χ1) is 15.6. The molecule has 0 spiro atoms. The number of amides is 2. The molecule has 0 N–H and O–H groups in total. The summed E-state index contributed by atoms with van der Waals surface area (Å²) in [7, 11) is 3.41. The van der Waals surface area contributed by atoms with Crippen LogP contribution < -0.4 is 9.64 Å². The Balaban J connectivity index is 1.44. The van der Waals surface area contributed by atoms with Crippen molar-refractivity contribution in [2.75, 3.05) is 31.4 Å². The molecule has 0 bridgehead atoms. The minimum absolute atomic E-state index is 0.0598. The Bertz CT molecular complexity index is 1130. The summed E-state index contributed by atoms with van der Waals surface area (Å²) in [4.78, 5) is 30.4. The summed E-state index contributed by atoms with van der Waals surface area (Å²) in [5.74, 6) is 1.02. The fourth-order valence-electron chi connectivity index (χ4n) is 3.95. The molecule has 32 heavy (non-hydrogen) atoms. The number of anilines is 1. The molecule has 164 valence electrons. The molecule has 0 saturated carbocycles. The van der Waals surface area contributed by atoms with Gasteiger partial charge in [0, 0.05) is 36.3 Å². The zero-order valence-electron chi connectivity index (χ0n) is 18.3. The van der Waals surface area contributed by atoms with Crippen LogP contribution in [0.1, 0.15) is 21.5 Å². The molecule has 1 aliphatic rings. The molecule has 2 amide bonds. The van der Waals surface area contributed by atoms with E-state index in [4.69, 9.17) is 4.74 Å². The van der Waals surface area contributed by atoms with Gasteiger partial charge in [-0.05, 0) is 36.2 Å². The summed E-state index contributed by atoms with van der Waals surface area (Å²) in [5.41, 5.74) is 3.75. The Morgan fingerprint density at radius 2 is 1.72 bits per heavy atom. The van der Waals surface area contributed by atoms with Crippen LogP contribution in [0.4, 0.5) is 5.69 Å². The molecule has 1 heterocycles. The van der Waals surface area contributed by atoms with Crippen LogP contribution in [-0.4, -0.2) is 43.2 Å². The van der Waals surface area contributed by atoms with Gasteiger partial charge in [-0.3, -0.25) is 9.59 Å². The van der Waals surface area contributed by atoms with Crippen molar-refractivity contribution >= 4 is 29.3 Å². The number of ether oxygens (including phenoxy) is 1. The Labute approximate surface area is 193 Å². The molecule has 0 atom stereocenters. The number of carbonyl (C=O) groups is 2. The van der Waals surface area contributed by atoms with E-state index in [1.807, 2.05) is 71.6 Å². The first-order valence-electron chi connectivity index (χ1n) is 10.6. The molecule has 0 radical (unpaired) electrons. The number of hydrogen-bond donors (Lipinski definition) is 0. The first kappa shape index (κ1) is 22.0. The van der Waals surface area contributed by atoms with Crippen LogP contribution in [-0.2, 0) is 17.8 Å². The van der Waals surface area contributed by atoms with Crippen molar-refractivity contribution in [3.63, 3.8) is 0 Å². The molecular formula is C26H26N2O3S. The van der Waals surface area contributed by atoms with Crippen molar-refractivity contribution in [1.29, 1.82) is 0 Å². The Morgan fingerprint density at radius 3 is 2.56 bits per heavy atom. The van der Waals surface area contributed by atoms with Crippen molar-refractivity contribution in [3.05, 3.63) is 89.5 Å². The van der Waals surface area contributed by atoms with Crippen LogP contribution in [0.2, 0.25) is 0 Å². The van der Waals surface area contributed by atoms with Gasteiger partial charge < -0.3 is 14.5 Å². The van der Waals surface area contributed by atoms with Gasteiger partial charge in [0.15, 0.2) is 0 Å². The lowest BCUT2D eigenvalue weighted by atomic mass is 10.1. The zero-order valence-corrected chi connectivity index (χ0v) is 19.1. The predicted molar refractivity (Wildman–Crippen MR) is 128 cm³/mol. The van der Waals surface area contributed by atoms with Gasteiger partial charge in [-0.15, -0.1) is 11.8 Å². The molecule has 5 nitrogen and oxygen atoms in total. The smallest absolute Gasteiger partial charge is 0.255 e. The highest BCUT2D eigenvalue weighted by atomic mass is 32.2. The number of para-hydroxylation sites is 2. The monoisotopic (exact) mass is 446 g/mol. The molecular weight excluding hydrogens is 420 g/mol. The third kappa shape index (κ3) is 4.65. The average molecular weight is 447 g/mol. The standard InChI is InChI=1S/C26H26N2O3S/c1-27(17-20-10-4-7-13-23(20)31-2)26(30)21-11-5-8-14-24(21)32-18-25(29)28-16-15-19-9-3-6-12-22(19)28/h3-14H,15-18H2,1-2H3. The van der Waals surface area contributed by atoms with Crippen molar-refractivity contribution in [2.24, 2.45) is 0 Å². The van der Waals surface area contributed by atoms with E-state index >= 15 is 0 Å². The number of benzene rings is 3. The molecule has 3 aromatic rings. The molecule has 4 rings (SSSR count). The number of nitrogens with zero attached hydrogens (tertiary/aromatic N) is 2. The van der Waals surface area contributed by atoms with Crippen molar-refractivity contribution in [1.82, 2.24) is 4.90 Å². The molecule has 0 saturated heterocycles. The Hall–Kier alpha value is -3.25. The molecule has 1 aliphatic heterocycles. The van der Waals surface area contributed by atoms with Gasteiger partial charge in [0.1, 0.15) is 5.75 Å². The van der Waals surface area contributed by atoms with Gasteiger partial charge in [-0.2, -0.15) is 0 Å². The van der Waals surface area contributed by atoms with Gasteiger partial charge in [0.25, 0.3) is 5.91 Å². The second-order valence-electron chi connectivity index (χ2n) is 7.68. The molecule has 0 fully saturated rings. The summed E-state index contributed by atoms with van der Waals surface area (Å²) in [5, 5.41) is 0. The summed E-state index contributed by atoms with van der Waals surface area (Å²) in [6.07, 6.45) is 0.884. The fourth-order valence-corrected chi connectivity index (χ4v) is 4.87. The number of thioether (sulfide) groups is 1. The second-order valence-corrected chi connectivity index (χ2v) is 8.70. The number of methoxy groups -OCH3 is 1. The highest BCUT2D eigenvalue weighted by Gasteiger charge is 2.25. The lowest BCUT2D eigenvalue weighted by Crippen LogP contribution is -2.30. The topological polar surface area (TPSA) is 49.9 Å². The molecule has 0 aromatic heterocycles. The molecule has 3 aromatic carbocycles. The van der Waals surface area contributed by atoms with E-state index in [0.717, 1.165) is 28.3 Å². The predicted octanol–water partition coefficient (Wildman–Crippen LogP) is 4.65. The minimum atomic E-state index is -0.0852. The third-order valence-corrected chi connectivity index (χ3v) is 6.66. The quantitative estimate of drug-likeness (QED) is 0.496. The minimum Gasteiger partial charge on any atom is -0.496 e. The Morgan fingerprint density at radius 1 is 1.00 bits per heavy atom. The van der Waals surface area contributed by atoms with Crippen molar-refractivity contribution < 1.29 is 14.3 Å². The van der Waals surface area contributed by atoms with Gasteiger partial charge in [0.05, 0.1) is 18.4 Å². The van der Waals surface area contributed by atoms with Crippen LogP contribution in [0, 0.1) is 0 Å². The van der Waals surface area contributed by atoms with E-state index in [1.54, 1.807) is 19.1 Å². The summed E-state index contributed by atoms with van der Waals surface area (Å²) >= 11 is 1.41. The maximum atomic E-state index is 13.2. The lowest BCUT2D eigenvalue weighted by Gasteiger charge is -2.21. The maximum absolute atomic E-state index is 13.2. The lowest BCUT2D eigenvalue weighted by molar-refractivity contribution is -0.116. The fraction of sp³-hybridized carbons (Fsp3) is 0.231. The Kier molecular flexibility index (Phi) is 6.81. The number of rotatable bonds is 7. The normalized spacial score (nSPS) is 12.4. The van der Waals surface area contributed by atoms with Crippen LogP contribution >= 0.6 is 11.8 Å². The van der Waals surface area contributed by atoms with E-state index in [2.05, 4.69) is 6.07 Å². The maximum Gasteiger partial charge on any atom is 0.255 e. The van der Waals surface area contributed by atoms with E-state index in [9.17, 15) is 9.59 Å². The third-order valence-electron chi connectivity index (χ3n) is 5.60. The van der Waals surface area contributed by atoms with Crippen LogP contribution in [0.5, 0.6) is 5.75 Å². The van der Waals surface area contributed by atoms with Crippen LogP contribution in [0.25, 0.3) is 0 Å². The summed E-state index contributed by atoms with van der Waals surface area (Å²) in [6, 6.07) is 23.2. The molecule has 0 aliphatic carbocycles. The van der Waals surface area contributed by atoms with Gasteiger partial charge in [0.2, 0.25) is 5.91 Å². The van der Waals surface area contributed by atoms with Gasteiger partial charge in [-0.25, -0.2) is 0 Å². The van der Waals surface area contributed by atoms with E-state index < -0.39 is 0 Å². The summed E-state index contributed by atoms with van der Waals surface area (Å²) < 4.78 is 5.41. The number of hydrogen-bond acceptors (Lipinski definition) is 4. The highest BCUT2D eigenvalue weighted by Crippen LogP contribution is 2.30. The highest BCUT2D eigenvalue weighted by molar-refractivity contribution is 8.00. The SMILES string of the molecule is COc1ccccc1CN(C)C(=O)c1ccccc1SCC(=O)N1CCc2ccccc21. The van der Waals surface area contributed by atoms with E-state index in [0.29, 0.717) is 18.7 Å². The van der Waals surface area contributed by atoms with E-state index in [1.165, 1.54) is 17.3 Å². The molecule has 0 unspecified atom stereocenters. The van der Waals surface area contributed by atoms with E-state index in [-0.39, 0.29) is 17.6 Å².